The highest BCUT2D eigenvalue weighted by Crippen LogP contribution is 2.27. The molecule has 0 saturated carbocycles. The summed E-state index contributed by atoms with van der Waals surface area (Å²) in [6.07, 6.45) is 0. The van der Waals surface area contributed by atoms with Crippen LogP contribution < -0.4 is 4.72 Å². The van der Waals surface area contributed by atoms with Gasteiger partial charge in [0.05, 0.1) is 4.90 Å². The summed E-state index contributed by atoms with van der Waals surface area (Å²) in [7, 11) is -3.68. The largest absolute Gasteiger partial charge is 0.355 e. The number of anilines is 1. The molecule has 27 heavy (non-hydrogen) atoms. The van der Waals surface area contributed by atoms with Gasteiger partial charge in [-0.05, 0) is 55.0 Å². The van der Waals surface area contributed by atoms with Gasteiger partial charge in [-0.15, -0.1) is 0 Å². The van der Waals surface area contributed by atoms with Gasteiger partial charge in [-0.3, -0.25) is 4.72 Å². The highest BCUT2D eigenvalue weighted by atomic mass is 32.2. The molecular weight excluding hydrogens is 363 g/mol. The molecule has 6 heteroatoms. The smallest absolute Gasteiger partial charge is 0.262 e. The lowest BCUT2D eigenvalue weighted by Crippen LogP contribution is -2.14. The third-order valence-corrected chi connectivity index (χ3v) is 5.93. The van der Waals surface area contributed by atoms with Crippen molar-refractivity contribution in [3.63, 3.8) is 0 Å². The molecule has 0 saturated heterocycles. The summed E-state index contributed by atoms with van der Waals surface area (Å²) in [6, 6.07) is 20.3. The van der Waals surface area contributed by atoms with Crippen molar-refractivity contribution in [2.24, 2.45) is 0 Å². The predicted octanol–water partition coefficient (Wildman–Crippen LogP) is 5.08. The molecule has 2 N–H and O–H groups in total. The monoisotopic (exact) mass is 380 g/mol. The Labute approximate surface area is 156 Å². The van der Waals surface area contributed by atoms with E-state index in [4.69, 9.17) is 0 Å². The Hall–Kier alpha value is -3.12. The Morgan fingerprint density at radius 3 is 2.56 bits per heavy atom. The molecule has 0 unspecified atom stereocenters. The first-order chi connectivity index (χ1) is 12.9. The van der Waals surface area contributed by atoms with E-state index < -0.39 is 10.0 Å². The highest BCUT2D eigenvalue weighted by molar-refractivity contribution is 7.92. The van der Waals surface area contributed by atoms with E-state index in [0.717, 1.165) is 22.2 Å². The summed E-state index contributed by atoms with van der Waals surface area (Å²) in [6.45, 7) is 1.76. The van der Waals surface area contributed by atoms with Crippen molar-refractivity contribution < 1.29 is 12.8 Å². The minimum absolute atomic E-state index is 0.247. The van der Waals surface area contributed by atoms with Gasteiger partial charge in [0.1, 0.15) is 5.82 Å². The normalized spacial score (nSPS) is 11.6. The first kappa shape index (κ1) is 17.3. The number of fused-ring (bicyclic) bond motifs is 1. The number of halogens is 1. The van der Waals surface area contributed by atoms with Crippen LogP contribution in [0.15, 0.2) is 77.7 Å². The second kappa shape index (κ2) is 6.55. The maximum atomic E-state index is 13.4. The Kier molecular flexibility index (Phi) is 4.20. The Morgan fingerprint density at radius 2 is 1.74 bits per heavy atom. The lowest BCUT2D eigenvalue weighted by molar-refractivity contribution is 0.600. The van der Waals surface area contributed by atoms with Gasteiger partial charge >= 0.3 is 0 Å². The van der Waals surface area contributed by atoms with Gasteiger partial charge in [0, 0.05) is 27.8 Å². The van der Waals surface area contributed by atoms with Crippen LogP contribution in [0, 0.1) is 12.7 Å². The molecule has 0 bridgehead atoms. The zero-order valence-electron chi connectivity index (χ0n) is 14.5. The fourth-order valence-corrected chi connectivity index (χ4v) is 4.37. The van der Waals surface area contributed by atoms with Crippen LogP contribution in [0.1, 0.15) is 5.56 Å². The number of nitrogens with one attached hydrogen (secondary N) is 2. The van der Waals surface area contributed by atoms with E-state index in [1.807, 2.05) is 12.1 Å². The molecule has 0 atom stereocenters. The van der Waals surface area contributed by atoms with E-state index in [1.54, 1.807) is 55.5 Å². The Balaban J connectivity index is 1.69. The number of benzene rings is 3. The molecular formula is C21H17FN2O2S. The molecule has 4 aromatic rings. The van der Waals surface area contributed by atoms with Crippen molar-refractivity contribution >= 4 is 26.6 Å². The van der Waals surface area contributed by atoms with Crippen molar-refractivity contribution in [3.05, 3.63) is 84.2 Å². The van der Waals surface area contributed by atoms with Gasteiger partial charge in [0.25, 0.3) is 10.0 Å². The molecule has 3 aromatic carbocycles. The van der Waals surface area contributed by atoms with Crippen LogP contribution in [0.4, 0.5) is 10.1 Å². The number of sulfonamides is 1. The predicted molar refractivity (Wildman–Crippen MR) is 106 cm³/mol. The standard InChI is InChI=1S/C21H17FN2O2S/c1-14-5-2-3-8-21(14)27(25,26)24-18-7-4-6-15(12-18)20-13-16-11-17(22)9-10-19(16)23-20/h2-13,23-24H,1H3. The molecule has 136 valence electrons. The molecule has 0 amide bonds. The van der Waals surface area contributed by atoms with Crippen LogP contribution in [0.2, 0.25) is 0 Å². The minimum Gasteiger partial charge on any atom is -0.355 e. The molecule has 4 nitrogen and oxygen atoms in total. The number of rotatable bonds is 4. The molecule has 0 aliphatic rings. The van der Waals surface area contributed by atoms with Crippen molar-refractivity contribution in [2.45, 2.75) is 11.8 Å². The van der Waals surface area contributed by atoms with Crippen LogP contribution in [-0.2, 0) is 10.0 Å². The van der Waals surface area contributed by atoms with Crippen LogP contribution in [-0.4, -0.2) is 13.4 Å². The van der Waals surface area contributed by atoms with Crippen LogP contribution >= 0.6 is 0 Å². The Bertz CT molecular complexity index is 1250. The number of aromatic nitrogens is 1. The minimum atomic E-state index is -3.68. The fraction of sp³-hybridized carbons (Fsp3) is 0.0476. The van der Waals surface area contributed by atoms with E-state index in [2.05, 4.69) is 9.71 Å². The van der Waals surface area contributed by atoms with Gasteiger partial charge < -0.3 is 4.98 Å². The first-order valence-electron chi connectivity index (χ1n) is 8.39. The van der Waals surface area contributed by atoms with Gasteiger partial charge in [-0.2, -0.15) is 0 Å². The zero-order chi connectivity index (χ0) is 19.0. The van der Waals surface area contributed by atoms with Crippen molar-refractivity contribution in [2.75, 3.05) is 4.72 Å². The molecule has 0 aliphatic heterocycles. The highest BCUT2D eigenvalue weighted by Gasteiger charge is 2.16. The number of aromatic amines is 1. The third kappa shape index (κ3) is 3.44. The number of hydrogen-bond acceptors (Lipinski definition) is 2. The van der Waals surface area contributed by atoms with E-state index >= 15 is 0 Å². The molecule has 1 heterocycles. The maximum Gasteiger partial charge on any atom is 0.262 e. The second-order valence-corrected chi connectivity index (χ2v) is 8.02. The number of hydrogen-bond donors (Lipinski definition) is 2. The van der Waals surface area contributed by atoms with Crippen molar-refractivity contribution in [1.29, 1.82) is 0 Å². The van der Waals surface area contributed by atoms with E-state index in [1.165, 1.54) is 12.1 Å². The van der Waals surface area contributed by atoms with E-state index in [0.29, 0.717) is 11.3 Å². The SMILES string of the molecule is Cc1ccccc1S(=O)(=O)Nc1cccc(-c2cc3cc(F)ccc3[nH]2)c1. The Morgan fingerprint density at radius 1 is 0.926 bits per heavy atom. The average Bonchev–Trinajstić information content (AvgIpc) is 3.05. The van der Waals surface area contributed by atoms with Crippen LogP contribution in [0.5, 0.6) is 0 Å². The van der Waals surface area contributed by atoms with Gasteiger partial charge in [-0.25, -0.2) is 12.8 Å². The first-order valence-corrected chi connectivity index (χ1v) is 9.88. The zero-order valence-corrected chi connectivity index (χ0v) is 15.3. The lowest BCUT2D eigenvalue weighted by Gasteiger charge is -2.11. The summed E-state index contributed by atoms with van der Waals surface area (Å²) >= 11 is 0. The topological polar surface area (TPSA) is 62.0 Å². The lowest BCUT2D eigenvalue weighted by atomic mass is 10.1. The maximum absolute atomic E-state index is 13.4. The molecule has 0 radical (unpaired) electrons. The molecule has 0 spiro atoms. The third-order valence-electron chi connectivity index (χ3n) is 4.39. The van der Waals surface area contributed by atoms with Gasteiger partial charge in [0.15, 0.2) is 0 Å². The fourth-order valence-electron chi connectivity index (χ4n) is 3.08. The summed E-state index contributed by atoms with van der Waals surface area (Å²) in [4.78, 5) is 3.47. The summed E-state index contributed by atoms with van der Waals surface area (Å²) < 4.78 is 41.4. The summed E-state index contributed by atoms with van der Waals surface area (Å²) in [5.74, 6) is -0.298. The number of aryl methyl sites for hydroxylation is 1. The van der Waals surface area contributed by atoms with E-state index in [-0.39, 0.29) is 10.7 Å². The molecule has 4 rings (SSSR count). The second-order valence-electron chi connectivity index (χ2n) is 6.37. The van der Waals surface area contributed by atoms with Crippen LogP contribution in [0.25, 0.3) is 22.2 Å². The average molecular weight is 380 g/mol. The van der Waals surface area contributed by atoms with Gasteiger partial charge in [-0.1, -0.05) is 30.3 Å². The van der Waals surface area contributed by atoms with Crippen LogP contribution in [0.3, 0.4) is 0 Å². The van der Waals surface area contributed by atoms with E-state index in [9.17, 15) is 12.8 Å². The quantitative estimate of drug-likeness (QED) is 0.518. The summed E-state index contributed by atoms with van der Waals surface area (Å²) in [5, 5.41) is 0.760. The molecule has 0 fully saturated rings. The van der Waals surface area contributed by atoms with Crippen molar-refractivity contribution in [1.82, 2.24) is 4.98 Å². The molecule has 0 aliphatic carbocycles. The molecule has 1 aromatic heterocycles. The van der Waals surface area contributed by atoms with Crippen molar-refractivity contribution in [3.8, 4) is 11.3 Å². The number of H-pyrrole nitrogens is 1. The summed E-state index contributed by atoms with van der Waals surface area (Å²) in [5.41, 5.74) is 3.54. The van der Waals surface area contributed by atoms with Gasteiger partial charge in [0.2, 0.25) is 0 Å².